The Morgan fingerprint density at radius 3 is 2.47 bits per heavy atom. The van der Waals surface area contributed by atoms with Crippen molar-refractivity contribution in [2.24, 2.45) is 5.10 Å². The minimum atomic E-state index is -0.240. The predicted octanol–water partition coefficient (Wildman–Crippen LogP) is 6.05. The van der Waals surface area contributed by atoms with Crippen LogP contribution in [0.25, 0.3) is 0 Å². The minimum absolute atomic E-state index is 0.240. The van der Waals surface area contributed by atoms with Gasteiger partial charge in [0.25, 0.3) is 5.91 Å². The molecule has 3 aromatic rings. The fourth-order valence-corrected chi connectivity index (χ4v) is 4.12. The van der Waals surface area contributed by atoms with Crippen LogP contribution in [0.5, 0.6) is 5.75 Å². The van der Waals surface area contributed by atoms with Crippen LogP contribution < -0.4 is 15.1 Å². The van der Waals surface area contributed by atoms with Gasteiger partial charge in [-0.15, -0.1) is 0 Å². The second kappa shape index (κ2) is 10.7. The van der Waals surface area contributed by atoms with Crippen LogP contribution in [0.3, 0.4) is 0 Å². The van der Waals surface area contributed by atoms with Crippen LogP contribution >= 0.6 is 27.5 Å². The summed E-state index contributed by atoms with van der Waals surface area (Å²) in [6.07, 6.45) is 4.05. The van der Waals surface area contributed by atoms with Crippen LogP contribution in [0.4, 0.5) is 5.69 Å². The van der Waals surface area contributed by atoms with E-state index >= 15 is 0 Å². The summed E-state index contributed by atoms with van der Waals surface area (Å²) < 4.78 is 6.66. The second-order valence-electron chi connectivity index (χ2n) is 7.55. The summed E-state index contributed by atoms with van der Waals surface area (Å²) in [5.74, 6) is 0.482. The van der Waals surface area contributed by atoms with Crippen molar-refractivity contribution in [2.45, 2.75) is 19.4 Å². The molecule has 0 bridgehead atoms. The van der Waals surface area contributed by atoms with Crippen molar-refractivity contribution in [1.82, 2.24) is 5.43 Å². The lowest BCUT2D eigenvalue weighted by molar-refractivity contribution is 0.0955. The summed E-state index contributed by atoms with van der Waals surface area (Å²) in [7, 11) is 0. The van der Waals surface area contributed by atoms with Crippen LogP contribution in [0.15, 0.2) is 76.3 Å². The van der Waals surface area contributed by atoms with Crippen molar-refractivity contribution in [3.8, 4) is 5.75 Å². The number of halogens is 2. The third kappa shape index (κ3) is 5.90. The van der Waals surface area contributed by atoms with Gasteiger partial charge in [0.15, 0.2) is 0 Å². The molecule has 0 unspecified atom stereocenters. The molecule has 164 valence electrons. The van der Waals surface area contributed by atoms with Gasteiger partial charge in [0.2, 0.25) is 0 Å². The Morgan fingerprint density at radius 1 is 1.06 bits per heavy atom. The first-order chi connectivity index (χ1) is 15.6. The average Bonchev–Trinajstić information content (AvgIpc) is 3.35. The minimum Gasteiger partial charge on any atom is -0.488 e. The van der Waals surface area contributed by atoms with Gasteiger partial charge in [-0.1, -0.05) is 23.7 Å². The number of anilines is 1. The van der Waals surface area contributed by atoms with Crippen molar-refractivity contribution in [3.05, 3.63) is 92.9 Å². The first kappa shape index (κ1) is 22.4. The van der Waals surface area contributed by atoms with Gasteiger partial charge in [-0.25, -0.2) is 5.43 Å². The SMILES string of the molecule is O=C(N/N=C\c1ccc(OCc2ccc(Cl)cc2)c(Br)c1)c1ccc(N2CCCC2)cc1. The van der Waals surface area contributed by atoms with Gasteiger partial charge in [0.05, 0.1) is 10.7 Å². The Labute approximate surface area is 201 Å². The number of hydrogen-bond donors (Lipinski definition) is 1. The number of amides is 1. The van der Waals surface area contributed by atoms with E-state index in [0.29, 0.717) is 17.2 Å². The van der Waals surface area contributed by atoms with Crippen LogP contribution in [0.1, 0.15) is 34.3 Å². The average molecular weight is 513 g/mol. The van der Waals surface area contributed by atoms with Crippen LogP contribution in [-0.2, 0) is 6.61 Å². The molecule has 5 nitrogen and oxygen atoms in total. The van der Waals surface area contributed by atoms with E-state index in [2.05, 4.69) is 31.4 Å². The molecule has 0 saturated carbocycles. The number of carbonyl (C=O) groups is 1. The highest BCUT2D eigenvalue weighted by molar-refractivity contribution is 9.10. The van der Waals surface area contributed by atoms with Gasteiger partial charge in [-0.2, -0.15) is 5.10 Å². The molecule has 32 heavy (non-hydrogen) atoms. The van der Waals surface area contributed by atoms with Gasteiger partial charge in [-0.05, 0) is 94.5 Å². The number of hydrazone groups is 1. The number of rotatable bonds is 7. The molecule has 4 rings (SSSR count). The van der Waals surface area contributed by atoms with E-state index in [9.17, 15) is 4.79 Å². The predicted molar refractivity (Wildman–Crippen MR) is 133 cm³/mol. The Hall–Kier alpha value is -2.83. The van der Waals surface area contributed by atoms with Crippen molar-refractivity contribution in [1.29, 1.82) is 0 Å². The summed E-state index contributed by atoms with van der Waals surface area (Å²) in [6.45, 7) is 2.60. The van der Waals surface area contributed by atoms with Crippen LogP contribution in [0, 0.1) is 0 Å². The van der Waals surface area contributed by atoms with Gasteiger partial charge in [-0.3, -0.25) is 4.79 Å². The molecule has 0 radical (unpaired) electrons. The van der Waals surface area contributed by atoms with Gasteiger partial charge in [0, 0.05) is 29.4 Å². The first-order valence-corrected chi connectivity index (χ1v) is 11.6. The maximum Gasteiger partial charge on any atom is 0.271 e. The Kier molecular flexibility index (Phi) is 7.45. The third-order valence-electron chi connectivity index (χ3n) is 5.24. The molecular formula is C25H23BrClN3O2. The number of benzene rings is 3. The number of nitrogens with zero attached hydrogens (tertiary/aromatic N) is 2. The molecule has 1 aliphatic heterocycles. The summed E-state index contributed by atoms with van der Waals surface area (Å²) in [5.41, 5.74) is 6.18. The van der Waals surface area contributed by atoms with E-state index in [4.69, 9.17) is 16.3 Å². The number of hydrogen-bond acceptors (Lipinski definition) is 4. The molecule has 0 aliphatic carbocycles. The molecule has 7 heteroatoms. The molecular weight excluding hydrogens is 490 g/mol. The van der Waals surface area contributed by atoms with E-state index < -0.39 is 0 Å². The van der Waals surface area contributed by atoms with Crippen molar-refractivity contribution >= 4 is 45.3 Å². The molecule has 0 spiro atoms. The summed E-state index contributed by atoms with van der Waals surface area (Å²) in [6, 6.07) is 20.8. The lowest BCUT2D eigenvalue weighted by Gasteiger charge is -2.17. The van der Waals surface area contributed by atoms with Gasteiger partial charge >= 0.3 is 0 Å². The lowest BCUT2D eigenvalue weighted by atomic mass is 10.2. The number of ether oxygens (including phenoxy) is 1. The van der Waals surface area contributed by atoms with Gasteiger partial charge in [0.1, 0.15) is 12.4 Å². The summed E-state index contributed by atoms with van der Waals surface area (Å²) >= 11 is 9.43. The highest BCUT2D eigenvalue weighted by Crippen LogP contribution is 2.26. The summed E-state index contributed by atoms with van der Waals surface area (Å²) in [5, 5.41) is 4.78. The van der Waals surface area contributed by atoms with E-state index in [1.807, 2.05) is 66.7 Å². The zero-order valence-electron chi connectivity index (χ0n) is 17.4. The Morgan fingerprint density at radius 2 is 1.78 bits per heavy atom. The molecule has 1 amide bonds. The molecule has 3 aromatic carbocycles. The molecule has 1 aliphatic rings. The van der Waals surface area contributed by atoms with Crippen LogP contribution in [0.2, 0.25) is 5.02 Å². The van der Waals surface area contributed by atoms with E-state index in [1.165, 1.54) is 12.8 Å². The molecule has 0 aromatic heterocycles. The Bertz CT molecular complexity index is 1100. The quantitative estimate of drug-likeness (QED) is 0.310. The molecule has 1 heterocycles. The lowest BCUT2D eigenvalue weighted by Crippen LogP contribution is -2.19. The smallest absolute Gasteiger partial charge is 0.271 e. The van der Waals surface area contributed by atoms with Crippen molar-refractivity contribution in [2.75, 3.05) is 18.0 Å². The van der Waals surface area contributed by atoms with Crippen molar-refractivity contribution < 1.29 is 9.53 Å². The van der Waals surface area contributed by atoms with Crippen LogP contribution in [-0.4, -0.2) is 25.2 Å². The van der Waals surface area contributed by atoms with E-state index in [1.54, 1.807) is 6.21 Å². The monoisotopic (exact) mass is 511 g/mol. The molecule has 1 fully saturated rings. The zero-order chi connectivity index (χ0) is 22.3. The normalized spacial score (nSPS) is 13.5. The summed E-state index contributed by atoms with van der Waals surface area (Å²) in [4.78, 5) is 14.7. The molecule has 1 saturated heterocycles. The Balaban J connectivity index is 1.30. The highest BCUT2D eigenvalue weighted by atomic mass is 79.9. The maximum atomic E-state index is 12.4. The van der Waals surface area contributed by atoms with Crippen molar-refractivity contribution in [3.63, 3.8) is 0 Å². The topological polar surface area (TPSA) is 53.9 Å². The molecule has 1 N–H and O–H groups in total. The highest BCUT2D eigenvalue weighted by Gasteiger charge is 2.13. The number of nitrogens with one attached hydrogen (secondary N) is 1. The fourth-order valence-electron chi connectivity index (χ4n) is 3.49. The van der Waals surface area contributed by atoms with E-state index in [0.717, 1.165) is 40.1 Å². The van der Waals surface area contributed by atoms with Gasteiger partial charge < -0.3 is 9.64 Å². The molecule has 0 atom stereocenters. The third-order valence-corrected chi connectivity index (χ3v) is 6.12. The largest absolute Gasteiger partial charge is 0.488 e. The maximum absolute atomic E-state index is 12.4. The number of carbonyl (C=O) groups excluding carboxylic acids is 1. The van der Waals surface area contributed by atoms with E-state index in [-0.39, 0.29) is 5.91 Å². The zero-order valence-corrected chi connectivity index (χ0v) is 19.8. The fraction of sp³-hybridized carbons (Fsp3) is 0.200. The second-order valence-corrected chi connectivity index (χ2v) is 8.84. The standard InChI is InChI=1S/C25H23BrClN3O2/c26-23-15-19(5-12-24(23)32-17-18-3-8-21(27)9-4-18)16-28-29-25(31)20-6-10-22(11-7-20)30-13-1-2-14-30/h3-12,15-16H,1-2,13-14,17H2,(H,29,31)/b28-16-. The first-order valence-electron chi connectivity index (χ1n) is 10.4.